The third-order valence-electron chi connectivity index (χ3n) is 5.11. The van der Waals surface area contributed by atoms with Crippen molar-refractivity contribution < 1.29 is 13.2 Å². The number of sulfonamides is 1. The van der Waals surface area contributed by atoms with Gasteiger partial charge < -0.3 is 16.4 Å². The van der Waals surface area contributed by atoms with Gasteiger partial charge in [0.2, 0.25) is 15.9 Å². The van der Waals surface area contributed by atoms with E-state index in [-0.39, 0.29) is 11.9 Å². The van der Waals surface area contributed by atoms with Crippen LogP contribution in [0.1, 0.15) is 23.1 Å². The van der Waals surface area contributed by atoms with Crippen molar-refractivity contribution in [3.8, 4) is 0 Å². The van der Waals surface area contributed by atoms with Gasteiger partial charge in [-0.15, -0.1) is 11.3 Å². The standard InChI is InChI=1S/C20H29N7O3S2/c1-14(28)23-20-25-17(8-5-15-3-6-16(7-4-15)24-19(21)22)18(31-20)13-26-9-11-27(12-10-26)32(2,29)30/h3-4,6-7H,5,8-13H2,1-2H3,(H4,21,22,24)(H,23,25,28). The number of carbonyl (C=O) groups excluding carboxylic acids is 1. The molecular formula is C20H29N7O3S2. The second-order valence-corrected chi connectivity index (χ2v) is 10.8. The van der Waals surface area contributed by atoms with Crippen LogP contribution in [0.15, 0.2) is 24.3 Å². The lowest BCUT2D eigenvalue weighted by molar-refractivity contribution is -0.114. The van der Waals surface area contributed by atoms with E-state index in [4.69, 9.17) is 11.1 Å². The normalized spacial score (nSPS) is 15.4. The topological polar surface area (TPSA) is 145 Å². The number of benzene rings is 1. The van der Waals surface area contributed by atoms with Crippen LogP contribution in [0.25, 0.3) is 0 Å². The minimum Gasteiger partial charge on any atom is -0.370 e. The molecule has 5 N–H and O–H groups in total. The maximum atomic E-state index is 11.7. The first-order valence-corrected chi connectivity index (χ1v) is 12.9. The summed E-state index contributed by atoms with van der Waals surface area (Å²) in [5, 5.41) is 13.4. The molecule has 32 heavy (non-hydrogen) atoms. The summed E-state index contributed by atoms with van der Waals surface area (Å²) in [5.41, 5.74) is 8.18. The zero-order chi connectivity index (χ0) is 23.3. The fourth-order valence-corrected chi connectivity index (χ4v) is 5.42. The number of aromatic nitrogens is 1. The van der Waals surface area contributed by atoms with E-state index in [1.807, 2.05) is 24.3 Å². The molecule has 1 fully saturated rings. The fraction of sp³-hybridized carbons (Fsp3) is 0.450. The molecular weight excluding hydrogens is 450 g/mol. The van der Waals surface area contributed by atoms with Gasteiger partial charge in [-0.25, -0.2) is 13.4 Å². The van der Waals surface area contributed by atoms with E-state index in [2.05, 4.69) is 20.5 Å². The first kappa shape index (κ1) is 24.1. The van der Waals surface area contributed by atoms with Crippen LogP contribution in [0.5, 0.6) is 0 Å². The van der Waals surface area contributed by atoms with Gasteiger partial charge in [0.1, 0.15) is 0 Å². The Balaban J connectivity index is 1.66. The van der Waals surface area contributed by atoms with Gasteiger partial charge in [-0.2, -0.15) is 4.31 Å². The van der Waals surface area contributed by atoms with Crippen LogP contribution in [0.3, 0.4) is 0 Å². The highest BCUT2D eigenvalue weighted by Gasteiger charge is 2.24. The van der Waals surface area contributed by atoms with E-state index in [0.29, 0.717) is 44.3 Å². The highest BCUT2D eigenvalue weighted by Crippen LogP contribution is 2.27. The average molecular weight is 480 g/mol. The summed E-state index contributed by atoms with van der Waals surface area (Å²) in [7, 11) is -3.16. The smallest absolute Gasteiger partial charge is 0.223 e. The lowest BCUT2D eigenvalue weighted by Gasteiger charge is -2.33. The van der Waals surface area contributed by atoms with E-state index in [1.54, 1.807) is 0 Å². The predicted molar refractivity (Wildman–Crippen MR) is 127 cm³/mol. The number of rotatable bonds is 8. The van der Waals surface area contributed by atoms with E-state index in [9.17, 15) is 13.2 Å². The molecule has 0 atom stereocenters. The summed E-state index contributed by atoms with van der Waals surface area (Å²) in [6.45, 7) is 4.40. The van der Waals surface area contributed by atoms with Crippen LogP contribution in [0, 0.1) is 5.41 Å². The van der Waals surface area contributed by atoms with Crippen LogP contribution in [-0.2, 0) is 34.2 Å². The van der Waals surface area contributed by atoms with Gasteiger partial charge in [-0.3, -0.25) is 15.1 Å². The van der Waals surface area contributed by atoms with E-state index < -0.39 is 10.0 Å². The number of thiazole rings is 1. The minimum absolute atomic E-state index is 0.104. The van der Waals surface area contributed by atoms with Crippen molar-refractivity contribution in [1.29, 1.82) is 5.41 Å². The van der Waals surface area contributed by atoms with Gasteiger partial charge in [0.25, 0.3) is 0 Å². The zero-order valence-corrected chi connectivity index (χ0v) is 19.9. The molecule has 1 aromatic heterocycles. The number of hydrogen-bond donors (Lipinski definition) is 4. The molecule has 1 aliphatic heterocycles. The monoisotopic (exact) mass is 479 g/mol. The molecule has 10 nitrogen and oxygen atoms in total. The summed E-state index contributed by atoms with van der Waals surface area (Å²) in [4.78, 5) is 19.4. The van der Waals surface area contributed by atoms with Gasteiger partial charge in [-0.05, 0) is 30.5 Å². The number of amides is 1. The Morgan fingerprint density at radius 2 is 1.81 bits per heavy atom. The molecule has 3 rings (SSSR count). The molecule has 0 spiro atoms. The summed E-state index contributed by atoms with van der Waals surface area (Å²) in [5.74, 6) is -0.264. The summed E-state index contributed by atoms with van der Waals surface area (Å²) < 4.78 is 25.0. The first-order valence-electron chi connectivity index (χ1n) is 10.2. The van der Waals surface area contributed by atoms with Gasteiger partial charge in [0.05, 0.1) is 11.9 Å². The zero-order valence-electron chi connectivity index (χ0n) is 18.2. The van der Waals surface area contributed by atoms with Crippen molar-refractivity contribution >= 4 is 44.0 Å². The van der Waals surface area contributed by atoms with E-state index in [1.165, 1.54) is 28.8 Å². The number of nitrogens with zero attached hydrogens (tertiary/aromatic N) is 3. The summed E-state index contributed by atoms with van der Waals surface area (Å²) in [6, 6.07) is 7.72. The Morgan fingerprint density at radius 1 is 1.16 bits per heavy atom. The van der Waals surface area contributed by atoms with Crippen molar-refractivity contribution in [2.45, 2.75) is 26.3 Å². The number of carbonyl (C=O) groups is 1. The molecule has 1 saturated heterocycles. The molecule has 0 saturated carbocycles. The molecule has 1 amide bonds. The van der Waals surface area contributed by atoms with Gasteiger partial charge in [-0.1, -0.05) is 12.1 Å². The third kappa shape index (κ3) is 6.99. The predicted octanol–water partition coefficient (Wildman–Crippen LogP) is 1.27. The first-order chi connectivity index (χ1) is 15.1. The number of anilines is 2. The highest BCUT2D eigenvalue weighted by atomic mass is 32.2. The summed E-state index contributed by atoms with van der Waals surface area (Å²) >= 11 is 1.47. The molecule has 0 aliphatic carbocycles. The fourth-order valence-electron chi connectivity index (χ4n) is 3.50. The number of hydrogen-bond acceptors (Lipinski definition) is 7. The van der Waals surface area contributed by atoms with Crippen molar-refractivity contribution in [2.75, 3.05) is 43.1 Å². The minimum atomic E-state index is -3.16. The second kappa shape index (κ2) is 10.4. The van der Waals surface area contributed by atoms with Crippen molar-refractivity contribution in [3.05, 3.63) is 40.4 Å². The molecule has 2 heterocycles. The third-order valence-corrected chi connectivity index (χ3v) is 7.41. The van der Waals surface area contributed by atoms with Crippen LogP contribution < -0.4 is 16.4 Å². The Morgan fingerprint density at radius 3 is 2.38 bits per heavy atom. The van der Waals surface area contributed by atoms with Crippen LogP contribution in [-0.4, -0.2) is 66.9 Å². The Hall–Kier alpha value is -2.54. The number of guanidine groups is 1. The van der Waals surface area contributed by atoms with E-state index >= 15 is 0 Å². The average Bonchev–Trinajstić information content (AvgIpc) is 3.07. The Kier molecular flexibility index (Phi) is 7.82. The quantitative estimate of drug-likeness (QED) is 0.330. The molecule has 1 aliphatic rings. The Bertz CT molecular complexity index is 1060. The molecule has 174 valence electrons. The van der Waals surface area contributed by atoms with Crippen LogP contribution in [0.2, 0.25) is 0 Å². The number of nitrogens with two attached hydrogens (primary N) is 1. The van der Waals surface area contributed by atoms with Crippen molar-refractivity contribution in [2.24, 2.45) is 5.73 Å². The molecule has 2 aromatic rings. The SMILES string of the molecule is CC(=O)Nc1nc(CCc2ccc(NC(=N)N)cc2)c(CN2CCN(S(C)(=O)=O)CC2)s1. The largest absolute Gasteiger partial charge is 0.370 e. The molecule has 1 aromatic carbocycles. The van der Waals surface area contributed by atoms with Crippen LogP contribution >= 0.6 is 11.3 Å². The highest BCUT2D eigenvalue weighted by molar-refractivity contribution is 7.88. The maximum Gasteiger partial charge on any atom is 0.223 e. The van der Waals surface area contributed by atoms with Crippen LogP contribution in [0.4, 0.5) is 10.8 Å². The maximum absolute atomic E-state index is 11.7. The Labute approximate surface area is 192 Å². The lowest BCUT2D eigenvalue weighted by Crippen LogP contribution is -2.47. The summed E-state index contributed by atoms with van der Waals surface area (Å²) in [6.07, 6.45) is 2.74. The number of aryl methyl sites for hydroxylation is 2. The number of nitrogens with one attached hydrogen (secondary N) is 3. The molecule has 0 unspecified atom stereocenters. The van der Waals surface area contributed by atoms with Gasteiger partial charge in [0.15, 0.2) is 11.1 Å². The lowest BCUT2D eigenvalue weighted by atomic mass is 10.1. The number of piperazine rings is 1. The van der Waals surface area contributed by atoms with Crippen molar-refractivity contribution in [3.63, 3.8) is 0 Å². The molecule has 0 bridgehead atoms. The van der Waals surface area contributed by atoms with E-state index in [0.717, 1.165) is 28.2 Å². The van der Waals surface area contributed by atoms with Gasteiger partial charge >= 0.3 is 0 Å². The van der Waals surface area contributed by atoms with Crippen molar-refractivity contribution in [1.82, 2.24) is 14.2 Å². The molecule has 0 radical (unpaired) electrons. The van der Waals surface area contributed by atoms with Gasteiger partial charge in [0, 0.05) is 50.2 Å². The molecule has 12 heteroatoms. The second-order valence-electron chi connectivity index (χ2n) is 7.74.